The van der Waals surface area contributed by atoms with Crippen molar-refractivity contribution in [2.45, 2.75) is 25.7 Å². The number of rotatable bonds is 4. The third kappa shape index (κ3) is 3.69. The van der Waals surface area contributed by atoms with Gasteiger partial charge in [0, 0.05) is 12.4 Å². The van der Waals surface area contributed by atoms with Crippen molar-refractivity contribution in [3.63, 3.8) is 0 Å². The standard InChI is InChI=1S/C13H17BrN4O3/c1-13(2)19-7-11(21-13)8-20-17-10-5-18(6-10)12-15-3-9(14)4-16-12/h3-4,11H,5-8H2,1-2H3. The molecule has 1 aromatic heterocycles. The van der Waals surface area contributed by atoms with Crippen molar-refractivity contribution in [1.82, 2.24) is 9.97 Å². The van der Waals surface area contributed by atoms with E-state index in [1.54, 1.807) is 12.4 Å². The molecule has 0 spiro atoms. The van der Waals surface area contributed by atoms with Crippen LogP contribution in [0.2, 0.25) is 0 Å². The highest BCUT2D eigenvalue weighted by molar-refractivity contribution is 9.10. The minimum absolute atomic E-state index is 0.0599. The summed E-state index contributed by atoms with van der Waals surface area (Å²) in [5.41, 5.74) is 0.972. The van der Waals surface area contributed by atoms with Crippen LogP contribution < -0.4 is 4.90 Å². The number of halogens is 1. The van der Waals surface area contributed by atoms with Crippen molar-refractivity contribution in [3.05, 3.63) is 16.9 Å². The van der Waals surface area contributed by atoms with Crippen LogP contribution in [0.15, 0.2) is 22.0 Å². The summed E-state index contributed by atoms with van der Waals surface area (Å²) in [4.78, 5) is 15.8. The molecule has 21 heavy (non-hydrogen) atoms. The number of hydrogen-bond acceptors (Lipinski definition) is 7. The predicted molar refractivity (Wildman–Crippen MR) is 80.2 cm³/mol. The minimum atomic E-state index is -0.520. The van der Waals surface area contributed by atoms with Crippen molar-refractivity contribution < 1.29 is 14.3 Å². The highest BCUT2D eigenvalue weighted by Crippen LogP contribution is 2.22. The number of aromatic nitrogens is 2. The molecule has 2 aliphatic heterocycles. The van der Waals surface area contributed by atoms with E-state index in [4.69, 9.17) is 14.3 Å². The van der Waals surface area contributed by atoms with Crippen LogP contribution in [-0.2, 0) is 14.3 Å². The Labute approximate surface area is 131 Å². The Morgan fingerprint density at radius 1 is 1.43 bits per heavy atom. The summed E-state index contributed by atoms with van der Waals surface area (Å²) < 4.78 is 12.0. The molecule has 114 valence electrons. The van der Waals surface area contributed by atoms with Gasteiger partial charge >= 0.3 is 0 Å². The molecule has 8 heteroatoms. The van der Waals surface area contributed by atoms with Gasteiger partial charge in [-0.05, 0) is 29.8 Å². The summed E-state index contributed by atoms with van der Waals surface area (Å²) in [6.07, 6.45) is 3.40. The fraction of sp³-hybridized carbons (Fsp3) is 0.615. The van der Waals surface area contributed by atoms with Gasteiger partial charge in [0.25, 0.3) is 0 Å². The molecule has 1 aromatic rings. The second-order valence-electron chi connectivity index (χ2n) is 5.46. The SMILES string of the molecule is CC1(C)OCC(CON=C2CN(c3ncc(Br)cn3)C2)O1. The van der Waals surface area contributed by atoms with E-state index in [1.165, 1.54) is 0 Å². The molecule has 0 bridgehead atoms. The van der Waals surface area contributed by atoms with Crippen LogP contribution >= 0.6 is 15.9 Å². The van der Waals surface area contributed by atoms with Crippen LogP contribution in [0.3, 0.4) is 0 Å². The average Bonchev–Trinajstić information content (AvgIpc) is 2.73. The summed E-state index contributed by atoms with van der Waals surface area (Å²) >= 11 is 3.31. The molecule has 0 saturated carbocycles. The number of hydrogen-bond donors (Lipinski definition) is 0. The predicted octanol–water partition coefficient (Wildman–Crippen LogP) is 1.58. The molecule has 3 rings (SSSR count). The van der Waals surface area contributed by atoms with Gasteiger partial charge in [-0.1, -0.05) is 5.16 Å². The van der Waals surface area contributed by atoms with Gasteiger partial charge in [0.05, 0.1) is 29.9 Å². The Bertz CT molecular complexity index is 527. The van der Waals surface area contributed by atoms with E-state index >= 15 is 0 Å². The normalized spacial score (nSPS) is 23.9. The topological polar surface area (TPSA) is 69.1 Å². The molecule has 1 atom stereocenters. The average molecular weight is 357 g/mol. The Hall–Kier alpha value is -1.25. The smallest absolute Gasteiger partial charge is 0.226 e. The molecule has 7 nitrogen and oxygen atoms in total. The Morgan fingerprint density at radius 3 is 2.76 bits per heavy atom. The maximum absolute atomic E-state index is 5.63. The summed E-state index contributed by atoms with van der Waals surface area (Å²) in [7, 11) is 0. The molecular formula is C13H17BrN4O3. The summed E-state index contributed by atoms with van der Waals surface area (Å²) in [6.45, 7) is 6.10. The molecule has 0 N–H and O–H groups in total. The quantitative estimate of drug-likeness (QED) is 0.763. The van der Waals surface area contributed by atoms with E-state index in [0.29, 0.717) is 32.3 Å². The Kier molecular flexibility index (Phi) is 4.10. The van der Waals surface area contributed by atoms with Crippen LogP contribution in [0.4, 0.5) is 5.95 Å². The van der Waals surface area contributed by atoms with Gasteiger partial charge in [-0.3, -0.25) is 0 Å². The second-order valence-corrected chi connectivity index (χ2v) is 6.38. The molecule has 0 aromatic carbocycles. The van der Waals surface area contributed by atoms with E-state index in [-0.39, 0.29) is 6.10 Å². The van der Waals surface area contributed by atoms with Crippen LogP contribution in [0.5, 0.6) is 0 Å². The fourth-order valence-electron chi connectivity index (χ4n) is 2.12. The molecular weight excluding hydrogens is 340 g/mol. The molecule has 0 radical (unpaired) electrons. The lowest BCUT2D eigenvalue weighted by atomic mass is 10.2. The third-order valence-electron chi connectivity index (χ3n) is 3.16. The summed E-state index contributed by atoms with van der Waals surface area (Å²) in [5, 5.41) is 4.11. The van der Waals surface area contributed by atoms with E-state index in [9.17, 15) is 0 Å². The summed E-state index contributed by atoms with van der Waals surface area (Å²) in [6, 6.07) is 0. The van der Waals surface area contributed by atoms with Crippen molar-refractivity contribution in [1.29, 1.82) is 0 Å². The van der Waals surface area contributed by atoms with Gasteiger partial charge in [0.15, 0.2) is 5.79 Å². The molecule has 3 heterocycles. The maximum atomic E-state index is 5.63. The first kappa shape index (κ1) is 14.7. The number of nitrogens with zero attached hydrogens (tertiary/aromatic N) is 4. The van der Waals surface area contributed by atoms with E-state index in [0.717, 1.165) is 10.2 Å². The molecule has 2 aliphatic rings. The van der Waals surface area contributed by atoms with Crippen molar-refractivity contribution in [3.8, 4) is 0 Å². The van der Waals surface area contributed by atoms with E-state index < -0.39 is 5.79 Å². The van der Waals surface area contributed by atoms with Crippen LogP contribution in [-0.4, -0.2) is 53.9 Å². The van der Waals surface area contributed by atoms with Crippen molar-refractivity contribution in [2.75, 3.05) is 31.2 Å². The monoisotopic (exact) mass is 356 g/mol. The largest absolute Gasteiger partial charge is 0.393 e. The number of oxime groups is 1. The van der Waals surface area contributed by atoms with E-state index in [1.807, 2.05) is 18.7 Å². The zero-order valence-corrected chi connectivity index (χ0v) is 13.5. The minimum Gasteiger partial charge on any atom is -0.393 e. The first-order valence-electron chi connectivity index (χ1n) is 6.74. The molecule has 1 unspecified atom stereocenters. The Morgan fingerprint density at radius 2 is 2.14 bits per heavy atom. The summed E-state index contributed by atoms with van der Waals surface area (Å²) in [5.74, 6) is 0.180. The zero-order valence-electron chi connectivity index (χ0n) is 12.0. The Balaban J connectivity index is 1.41. The first-order chi connectivity index (χ1) is 10.0. The highest BCUT2D eigenvalue weighted by Gasteiger charge is 2.33. The first-order valence-corrected chi connectivity index (χ1v) is 7.53. The lowest BCUT2D eigenvalue weighted by Crippen LogP contribution is -2.48. The molecule has 2 saturated heterocycles. The van der Waals surface area contributed by atoms with Gasteiger partial charge in [-0.2, -0.15) is 0 Å². The van der Waals surface area contributed by atoms with E-state index in [2.05, 4.69) is 31.1 Å². The van der Waals surface area contributed by atoms with Crippen molar-refractivity contribution >= 4 is 27.6 Å². The lowest BCUT2D eigenvalue weighted by molar-refractivity contribution is -0.145. The molecule has 0 aliphatic carbocycles. The number of anilines is 1. The van der Waals surface area contributed by atoms with Gasteiger partial charge in [-0.15, -0.1) is 0 Å². The lowest BCUT2D eigenvalue weighted by Gasteiger charge is -2.31. The van der Waals surface area contributed by atoms with Gasteiger partial charge in [0.2, 0.25) is 5.95 Å². The van der Waals surface area contributed by atoms with Gasteiger partial charge < -0.3 is 19.2 Å². The van der Waals surface area contributed by atoms with Crippen molar-refractivity contribution in [2.24, 2.45) is 5.16 Å². The zero-order chi connectivity index (χ0) is 14.9. The van der Waals surface area contributed by atoms with Crippen LogP contribution in [0, 0.1) is 0 Å². The fourth-order valence-corrected chi connectivity index (χ4v) is 2.32. The number of ether oxygens (including phenoxy) is 2. The highest BCUT2D eigenvalue weighted by atomic mass is 79.9. The maximum Gasteiger partial charge on any atom is 0.226 e. The van der Waals surface area contributed by atoms with Gasteiger partial charge in [0.1, 0.15) is 12.7 Å². The van der Waals surface area contributed by atoms with Crippen LogP contribution in [0.1, 0.15) is 13.8 Å². The van der Waals surface area contributed by atoms with Crippen LogP contribution in [0.25, 0.3) is 0 Å². The molecule has 0 amide bonds. The second kappa shape index (κ2) is 5.86. The molecule has 2 fully saturated rings. The van der Waals surface area contributed by atoms with Gasteiger partial charge in [-0.25, -0.2) is 9.97 Å². The third-order valence-corrected chi connectivity index (χ3v) is 3.57.